The first-order valence-electron chi connectivity index (χ1n) is 10.3. The van der Waals surface area contributed by atoms with Crippen LogP contribution in [0.1, 0.15) is 37.7 Å². The lowest BCUT2D eigenvalue weighted by Crippen LogP contribution is -2.17. The number of aromatic nitrogens is 1. The lowest BCUT2D eigenvalue weighted by atomic mass is 10.1. The number of ether oxygens (including phenoxy) is 1. The molecule has 0 saturated heterocycles. The van der Waals surface area contributed by atoms with Gasteiger partial charge in [-0.2, -0.15) is 5.10 Å². The molecule has 4 rings (SSSR count). The van der Waals surface area contributed by atoms with Crippen LogP contribution in [0.5, 0.6) is 5.75 Å². The lowest BCUT2D eigenvalue weighted by molar-refractivity contribution is 0.0600. The van der Waals surface area contributed by atoms with Gasteiger partial charge in [0, 0.05) is 17.0 Å². The Balaban J connectivity index is 1.59. The first-order valence-corrected chi connectivity index (χ1v) is 10.3. The Morgan fingerprint density at radius 1 is 0.970 bits per heavy atom. The number of nitrogens with one attached hydrogen (secondary N) is 1. The third-order valence-corrected chi connectivity index (χ3v) is 5.50. The van der Waals surface area contributed by atoms with Crippen molar-refractivity contribution in [3.8, 4) is 11.4 Å². The summed E-state index contributed by atoms with van der Waals surface area (Å²) in [4.78, 5) is 24.8. The van der Waals surface area contributed by atoms with E-state index < -0.39 is 11.9 Å². The van der Waals surface area contributed by atoms with Crippen molar-refractivity contribution in [1.82, 2.24) is 9.99 Å². The predicted molar refractivity (Wildman–Crippen MR) is 127 cm³/mol. The quantitative estimate of drug-likeness (QED) is 0.271. The van der Waals surface area contributed by atoms with Crippen LogP contribution >= 0.6 is 0 Å². The fourth-order valence-electron chi connectivity index (χ4n) is 3.87. The van der Waals surface area contributed by atoms with Gasteiger partial charge >= 0.3 is 5.97 Å². The molecule has 1 aromatic heterocycles. The third kappa shape index (κ3) is 4.21. The van der Waals surface area contributed by atoms with Crippen LogP contribution in [0.25, 0.3) is 16.5 Å². The maximum absolute atomic E-state index is 12.6. The second-order valence-corrected chi connectivity index (χ2v) is 7.59. The second-order valence-electron chi connectivity index (χ2n) is 7.59. The highest BCUT2D eigenvalue weighted by molar-refractivity contribution is 6.01. The highest BCUT2D eigenvalue weighted by Gasteiger charge is 2.17. The third-order valence-electron chi connectivity index (χ3n) is 5.50. The molecule has 0 bridgehead atoms. The number of hydrogen-bond acceptors (Lipinski definition) is 5. The van der Waals surface area contributed by atoms with Gasteiger partial charge < -0.3 is 14.4 Å². The number of aromatic hydroxyl groups is 1. The van der Waals surface area contributed by atoms with Crippen LogP contribution < -0.4 is 5.43 Å². The monoisotopic (exact) mass is 441 g/mol. The topological polar surface area (TPSA) is 92.9 Å². The van der Waals surface area contributed by atoms with E-state index in [4.69, 9.17) is 4.74 Å². The van der Waals surface area contributed by atoms with E-state index in [2.05, 4.69) is 10.5 Å². The summed E-state index contributed by atoms with van der Waals surface area (Å²) in [6.45, 7) is 3.82. The Morgan fingerprint density at radius 2 is 1.64 bits per heavy atom. The zero-order valence-corrected chi connectivity index (χ0v) is 18.5. The average Bonchev–Trinajstić information content (AvgIpc) is 3.10. The molecule has 0 atom stereocenters. The molecule has 0 unspecified atom stereocenters. The van der Waals surface area contributed by atoms with Crippen molar-refractivity contribution >= 4 is 28.9 Å². The van der Waals surface area contributed by atoms with Gasteiger partial charge in [0.1, 0.15) is 5.75 Å². The van der Waals surface area contributed by atoms with E-state index >= 15 is 0 Å². The SMILES string of the molecule is COC(=O)c1ccccc1-n1c(C)cc(C=NNC(=O)c2cc3ccccc3cc2O)c1C. The average molecular weight is 441 g/mol. The first-order chi connectivity index (χ1) is 15.9. The van der Waals surface area contributed by atoms with Crippen molar-refractivity contribution < 1.29 is 19.4 Å². The number of phenols is 1. The number of amides is 1. The summed E-state index contributed by atoms with van der Waals surface area (Å²) in [6, 6.07) is 19.8. The number of esters is 1. The number of benzene rings is 3. The highest BCUT2D eigenvalue weighted by atomic mass is 16.5. The highest BCUT2D eigenvalue weighted by Crippen LogP contribution is 2.25. The maximum atomic E-state index is 12.6. The molecule has 4 aromatic rings. The largest absolute Gasteiger partial charge is 0.507 e. The Morgan fingerprint density at radius 3 is 2.36 bits per heavy atom. The Kier molecular flexibility index (Phi) is 5.95. The first kappa shape index (κ1) is 21.8. The normalized spacial score (nSPS) is 11.1. The minimum absolute atomic E-state index is 0.112. The van der Waals surface area contributed by atoms with Crippen molar-refractivity contribution in [2.75, 3.05) is 7.11 Å². The molecule has 0 spiro atoms. The summed E-state index contributed by atoms with van der Waals surface area (Å²) in [5.74, 6) is -1.05. The molecule has 1 heterocycles. The number of carbonyl (C=O) groups excluding carboxylic acids is 2. The minimum Gasteiger partial charge on any atom is -0.507 e. The van der Waals surface area contributed by atoms with Gasteiger partial charge in [-0.15, -0.1) is 0 Å². The molecular formula is C26H23N3O4. The van der Waals surface area contributed by atoms with E-state index in [9.17, 15) is 14.7 Å². The van der Waals surface area contributed by atoms with Gasteiger partial charge in [-0.25, -0.2) is 10.2 Å². The van der Waals surface area contributed by atoms with Crippen molar-refractivity contribution in [3.63, 3.8) is 0 Å². The van der Waals surface area contributed by atoms with Crippen molar-refractivity contribution in [2.45, 2.75) is 13.8 Å². The van der Waals surface area contributed by atoms with Crippen molar-refractivity contribution in [3.05, 3.63) is 94.8 Å². The summed E-state index contributed by atoms with van der Waals surface area (Å²) in [5.41, 5.74) is 6.27. The van der Waals surface area contributed by atoms with Crippen LogP contribution in [0.3, 0.4) is 0 Å². The van der Waals surface area contributed by atoms with Crippen molar-refractivity contribution in [2.24, 2.45) is 5.10 Å². The number of aryl methyl sites for hydroxylation is 1. The molecule has 3 aromatic carbocycles. The van der Waals surface area contributed by atoms with Gasteiger partial charge in [0.15, 0.2) is 0 Å². The molecule has 2 N–H and O–H groups in total. The lowest BCUT2D eigenvalue weighted by Gasteiger charge is -2.13. The van der Waals surface area contributed by atoms with E-state index in [1.165, 1.54) is 13.3 Å². The van der Waals surface area contributed by atoms with E-state index in [1.807, 2.05) is 60.9 Å². The van der Waals surface area contributed by atoms with Gasteiger partial charge in [0.2, 0.25) is 0 Å². The van der Waals surface area contributed by atoms with E-state index in [0.29, 0.717) is 11.3 Å². The molecule has 0 aliphatic rings. The molecule has 33 heavy (non-hydrogen) atoms. The molecule has 1 amide bonds. The molecular weight excluding hydrogens is 418 g/mol. The minimum atomic E-state index is -0.514. The van der Waals surface area contributed by atoms with Crippen LogP contribution in [0, 0.1) is 13.8 Å². The maximum Gasteiger partial charge on any atom is 0.339 e. The number of phenolic OH excluding ortho intramolecular Hbond substituents is 1. The Labute approximate surface area is 190 Å². The molecule has 7 heteroatoms. The molecule has 0 aliphatic carbocycles. The zero-order valence-electron chi connectivity index (χ0n) is 18.5. The molecule has 7 nitrogen and oxygen atoms in total. The van der Waals surface area contributed by atoms with Gasteiger partial charge in [0.05, 0.1) is 30.1 Å². The van der Waals surface area contributed by atoms with Gasteiger partial charge in [-0.05, 0) is 55.0 Å². The van der Waals surface area contributed by atoms with Crippen LogP contribution in [0.2, 0.25) is 0 Å². The van der Waals surface area contributed by atoms with Crippen LogP contribution in [-0.2, 0) is 4.74 Å². The van der Waals surface area contributed by atoms with Gasteiger partial charge in [-0.1, -0.05) is 36.4 Å². The van der Waals surface area contributed by atoms with Crippen LogP contribution in [0.4, 0.5) is 0 Å². The van der Waals surface area contributed by atoms with E-state index in [1.54, 1.807) is 24.3 Å². The number of rotatable bonds is 5. The number of methoxy groups -OCH3 is 1. The molecule has 166 valence electrons. The number of carbonyl (C=O) groups is 2. The fourth-order valence-corrected chi connectivity index (χ4v) is 3.87. The summed E-state index contributed by atoms with van der Waals surface area (Å²) in [6.07, 6.45) is 1.54. The van der Waals surface area contributed by atoms with Gasteiger partial charge in [-0.3, -0.25) is 4.79 Å². The molecule has 0 fully saturated rings. The Hall–Kier alpha value is -4.39. The zero-order chi connectivity index (χ0) is 23.5. The second kappa shape index (κ2) is 9.00. The van der Waals surface area contributed by atoms with E-state index in [-0.39, 0.29) is 11.3 Å². The number of hydrogen-bond donors (Lipinski definition) is 2. The van der Waals surface area contributed by atoms with Gasteiger partial charge in [0.25, 0.3) is 5.91 Å². The summed E-state index contributed by atoms with van der Waals surface area (Å²) in [5, 5.41) is 16.0. The number of hydrazone groups is 1. The number of fused-ring (bicyclic) bond motifs is 1. The number of nitrogens with zero attached hydrogens (tertiary/aromatic N) is 2. The smallest absolute Gasteiger partial charge is 0.339 e. The van der Waals surface area contributed by atoms with Crippen LogP contribution in [0.15, 0.2) is 71.8 Å². The molecule has 0 radical (unpaired) electrons. The fraction of sp³-hybridized carbons (Fsp3) is 0.115. The molecule has 0 aliphatic heterocycles. The summed E-state index contributed by atoms with van der Waals surface area (Å²) < 4.78 is 6.84. The standard InChI is InChI=1S/C26H23N3O4/c1-16-12-20(17(2)29(16)23-11-7-6-10-21(23)26(32)33-3)15-27-28-25(31)22-13-18-8-4-5-9-19(18)14-24(22)30/h4-15,30H,1-3H3,(H,28,31). The summed E-state index contributed by atoms with van der Waals surface area (Å²) >= 11 is 0. The summed E-state index contributed by atoms with van der Waals surface area (Å²) in [7, 11) is 1.35. The van der Waals surface area contributed by atoms with Crippen LogP contribution in [-0.4, -0.2) is 34.9 Å². The predicted octanol–water partition coefficient (Wildman–Crippen LogP) is 4.50. The Bertz CT molecular complexity index is 1400. The number of para-hydroxylation sites is 1. The van der Waals surface area contributed by atoms with E-state index in [0.717, 1.165) is 27.7 Å². The molecule has 0 saturated carbocycles. The van der Waals surface area contributed by atoms with Crippen molar-refractivity contribution in [1.29, 1.82) is 0 Å².